The van der Waals surface area contributed by atoms with E-state index in [1.807, 2.05) is 44.4 Å². The van der Waals surface area contributed by atoms with Gasteiger partial charge in [0, 0.05) is 12.2 Å². The SMILES string of the molecule is CCc1c(C)c(C(=O)Nc2cc(C)ccc2OC)n(Cc2ccc(F)c(F)c2)c1C. The van der Waals surface area contributed by atoms with Gasteiger partial charge in [-0.3, -0.25) is 4.79 Å². The molecule has 158 valence electrons. The van der Waals surface area contributed by atoms with Crippen LogP contribution in [0.5, 0.6) is 5.75 Å². The summed E-state index contributed by atoms with van der Waals surface area (Å²) in [5.41, 5.74) is 5.53. The molecule has 3 aromatic rings. The molecule has 0 aliphatic carbocycles. The highest BCUT2D eigenvalue weighted by atomic mass is 19.2. The van der Waals surface area contributed by atoms with Gasteiger partial charge in [0.1, 0.15) is 11.4 Å². The van der Waals surface area contributed by atoms with Crippen LogP contribution >= 0.6 is 0 Å². The number of halogens is 2. The van der Waals surface area contributed by atoms with E-state index in [4.69, 9.17) is 4.74 Å². The van der Waals surface area contributed by atoms with Crippen molar-refractivity contribution in [2.75, 3.05) is 12.4 Å². The van der Waals surface area contributed by atoms with Crippen LogP contribution in [0, 0.1) is 32.4 Å². The first-order chi connectivity index (χ1) is 14.3. The fraction of sp³-hybridized carbons (Fsp3) is 0.292. The molecule has 0 fully saturated rings. The van der Waals surface area contributed by atoms with Gasteiger partial charge < -0.3 is 14.6 Å². The van der Waals surface area contributed by atoms with Crippen molar-refractivity contribution in [3.8, 4) is 5.75 Å². The lowest BCUT2D eigenvalue weighted by molar-refractivity contribution is 0.101. The number of amides is 1. The van der Waals surface area contributed by atoms with Crippen LogP contribution in [0.25, 0.3) is 0 Å². The average Bonchev–Trinajstić information content (AvgIpc) is 2.94. The summed E-state index contributed by atoms with van der Waals surface area (Å²) in [6.45, 7) is 8.08. The van der Waals surface area contributed by atoms with Crippen LogP contribution in [0.1, 0.15) is 45.4 Å². The number of rotatable bonds is 6. The summed E-state index contributed by atoms with van der Waals surface area (Å²) >= 11 is 0. The number of nitrogens with zero attached hydrogens (tertiary/aromatic N) is 1. The normalized spacial score (nSPS) is 10.9. The van der Waals surface area contributed by atoms with Crippen LogP contribution < -0.4 is 10.1 Å². The molecule has 0 spiro atoms. The molecular formula is C24H26F2N2O2. The van der Waals surface area contributed by atoms with E-state index >= 15 is 0 Å². The van der Waals surface area contributed by atoms with Gasteiger partial charge in [0.25, 0.3) is 5.91 Å². The summed E-state index contributed by atoms with van der Waals surface area (Å²) in [4.78, 5) is 13.3. The fourth-order valence-electron chi connectivity index (χ4n) is 3.88. The highest BCUT2D eigenvalue weighted by Crippen LogP contribution is 2.29. The minimum Gasteiger partial charge on any atom is -0.495 e. The molecule has 0 bridgehead atoms. The first-order valence-corrected chi connectivity index (χ1v) is 9.85. The maximum Gasteiger partial charge on any atom is 0.272 e. The molecular weight excluding hydrogens is 386 g/mol. The second-order valence-electron chi connectivity index (χ2n) is 7.38. The molecule has 6 heteroatoms. The second kappa shape index (κ2) is 8.69. The van der Waals surface area contributed by atoms with Gasteiger partial charge in [0.05, 0.1) is 12.8 Å². The Labute approximate surface area is 175 Å². The lowest BCUT2D eigenvalue weighted by Gasteiger charge is -2.15. The van der Waals surface area contributed by atoms with Crippen molar-refractivity contribution in [2.45, 2.75) is 40.7 Å². The number of nitrogens with one attached hydrogen (secondary N) is 1. The number of aryl methyl sites for hydroxylation is 1. The van der Waals surface area contributed by atoms with Crippen molar-refractivity contribution in [1.29, 1.82) is 0 Å². The third kappa shape index (κ3) is 4.08. The van der Waals surface area contributed by atoms with Gasteiger partial charge in [0.2, 0.25) is 0 Å². The summed E-state index contributed by atoms with van der Waals surface area (Å²) in [5, 5.41) is 2.95. The Morgan fingerprint density at radius 2 is 1.80 bits per heavy atom. The molecule has 4 nitrogen and oxygen atoms in total. The van der Waals surface area contributed by atoms with E-state index in [2.05, 4.69) is 5.32 Å². The Kier molecular flexibility index (Phi) is 6.25. The number of benzene rings is 2. The molecule has 1 N–H and O–H groups in total. The van der Waals surface area contributed by atoms with Crippen LogP contribution in [-0.4, -0.2) is 17.6 Å². The Balaban J connectivity index is 2.04. The lowest BCUT2D eigenvalue weighted by atomic mass is 10.1. The van der Waals surface area contributed by atoms with E-state index in [0.717, 1.165) is 34.9 Å². The predicted octanol–water partition coefficient (Wildman–Crippen LogP) is 5.56. The number of aromatic nitrogens is 1. The number of carbonyl (C=O) groups excluding carboxylic acids is 1. The Bertz CT molecular complexity index is 1100. The predicted molar refractivity (Wildman–Crippen MR) is 114 cm³/mol. The summed E-state index contributed by atoms with van der Waals surface area (Å²) in [6.07, 6.45) is 0.760. The van der Waals surface area contributed by atoms with Crippen molar-refractivity contribution in [3.05, 3.63) is 81.7 Å². The van der Waals surface area contributed by atoms with Crippen molar-refractivity contribution in [3.63, 3.8) is 0 Å². The molecule has 0 aliphatic heterocycles. The van der Waals surface area contributed by atoms with Crippen molar-refractivity contribution < 1.29 is 18.3 Å². The number of carbonyl (C=O) groups is 1. The molecule has 30 heavy (non-hydrogen) atoms. The van der Waals surface area contributed by atoms with E-state index in [1.165, 1.54) is 12.1 Å². The number of anilines is 1. The average molecular weight is 412 g/mol. The third-order valence-electron chi connectivity index (χ3n) is 5.42. The highest BCUT2D eigenvalue weighted by Gasteiger charge is 2.23. The van der Waals surface area contributed by atoms with E-state index in [-0.39, 0.29) is 12.5 Å². The van der Waals surface area contributed by atoms with Crippen molar-refractivity contribution in [1.82, 2.24) is 4.57 Å². The molecule has 1 amide bonds. The van der Waals surface area contributed by atoms with Crippen LogP contribution in [-0.2, 0) is 13.0 Å². The Morgan fingerprint density at radius 1 is 1.07 bits per heavy atom. The van der Waals surface area contributed by atoms with Gasteiger partial charge in [0.15, 0.2) is 11.6 Å². The molecule has 2 aromatic carbocycles. The molecule has 1 heterocycles. The smallest absolute Gasteiger partial charge is 0.272 e. The maximum absolute atomic E-state index is 13.7. The molecule has 0 saturated carbocycles. The molecule has 0 saturated heterocycles. The lowest BCUT2D eigenvalue weighted by Crippen LogP contribution is -2.19. The van der Waals surface area contributed by atoms with E-state index in [9.17, 15) is 13.6 Å². The van der Waals surface area contributed by atoms with Crippen LogP contribution in [0.2, 0.25) is 0 Å². The zero-order valence-corrected chi connectivity index (χ0v) is 17.9. The van der Waals surface area contributed by atoms with Crippen LogP contribution in [0.4, 0.5) is 14.5 Å². The monoisotopic (exact) mass is 412 g/mol. The standard InChI is InChI=1S/C24H26F2N2O2/c1-6-18-15(3)23(24(29)27-21-11-14(2)7-10-22(21)30-5)28(16(18)4)13-17-8-9-19(25)20(26)12-17/h7-12H,6,13H2,1-5H3,(H,27,29). The van der Waals surface area contributed by atoms with E-state index < -0.39 is 11.6 Å². The van der Waals surface area contributed by atoms with Gasteiger partial charge in [-0.15, -0.1) is 0 Å². The molecule has 3 rings (SSSR count). The van der Waals surface area contributed by atoms with E-state index in [1.54, 1.807) is 13.2 Å². The minimum atomic E-state index is -0.903. The van der Waals surface area contributed by atoms with E-state index in [0.29, 0.717) is 22.7 Å². The van der Waals surface area contributed by atoms with Crippen molar-refractivity contribution in [2.24, 2.45) is 0 Å². The molecule has 0 radical (unpaired) electrons. The molecule has 0 aliphatic rings. The minimum absolute atomic E-state index is 0.261. The largest absolute Gasteiger partial charge is 0.495 e. The number of methoxy groups -OCH3 is 1. The Hall–Kier alpha value is -3.15. The summed E-state index contributed by atoms with van der Waals surface area (Å²) in [5.74, 6) is -1.50. The molecule has 0 atom stereocenters. The summed E-state index contributed by atoms with van der Waals surface area (Å²) in [7, 11) is 1.55. The Morgan fingerprint density at radius 3 is 2.43 bits per heavy atom. The van der Waals surface area contributed by atoms with Crippen LogP contribution in [0.3, 0.4) is 0 Å². The van der Waals surface area contributed by atoms with Gasteiger partial charge >= 0.3 is 0 Å². The summed E-state index contributed by atoms with van der Waals surface area (Å²) in [6, 6.07) is 9.37. The molecule has 0 unspecified atom stereocenters. The summed E-state index contributed by atoms with van der Waals surface area (Å²) < 4.78 is 34.3. The van der Waals surface area contributed by atoms with Gasteiger partial charge in [-0.1, -0.05) is 19.1 Å². The number of hydrogen-bond acceptors (Lipinski definition) is 2. The molecule has 1 aromatic heterocycles. The maximum atomic E-state index is 13.7. The quantitative estimate of drug-likeness (QED) is 0.576. The second-order valence-corrected chi connectivity index (χ2v) is 7.38. The first kappa shape index (κ1) is 21.6. The van der Waals surface area contributed by atoms with Gasteiger partial charge in [-0.2, -0.15) is 0 Å². The van der Waals surface area contributed by atoms with Gasteiger partial charge in [-0.05, 0) is 73.7 Å². The first-order valence-electron chi connectivity index (χ1n) is 9.85. The zero-order valence-electron chi connectivity index (χ0n) is 17.9. The highest BCUT2D eigenvalue weighted by molar-refractivity contribution is 6.05. The third-order valence-corrected chi connectivity index (χ3v) is 5.42. The van der Waals surface area contributed by atoms with Gasteiger partial charge in [-0.25, -0.2) is 8.78 Å². The van der Waals surface area contributed by atoms with Crippen LogP contribution in [0.15, 0.2) is 36.4 Å². The zero-order chi connectivity index (χ0) is 22.0. The number of hydrogen-bond donors (Lipinski definition) is 1. The fourth-order valence-corrected chi connectivity index (χ4v) is 3.88. The number of ether oxygens (including phenoxy) is 1. The topological polar surface area (TPSA) is 43.3 Å². The van der Waals surface area contributed by atoms with Crippen molar-refractivity contribution >= 4 is 11.6 Å².